The SMILES string of the molecule is CC/C=C\C/C=C\C/C=C\C/C=C\C/C=C\CCCCCCCCCC(=O)OC(COC(=O)CCCCCCCCCCCCCCCCCCC/C=C\C/C=C\CCCCCCC)COP(=O)(O)OCC[N+](C)(C)C. The molecule has 0 aromatic rings. The third-order valence-corrected chi connectivity index (χ3v) is 14.4. The number of ether oxygens (including phenoxy) is 2. The smallest absolute Gasteiger partial charge is 0.462 e. The number of rotatable bonds is 57. The van der Waals surface area contributed by atoms with Crippen LogP contribution in [0.1, 0.15) is 271 Å². The van der Waals surface area contributed by atoms with Crippen LogP contribution in [0.2, 0.25) is 0 Å². The van der Waals surface area contributed by atoms with Gasteiger partial charge in [0.2, 0.25) is 0 Å². The Balaban J connectivity index is 4.12. The number of allylic oxidation sites excluding steroid dienone is 14. The van der Waals surface area contributed by atoms with Crippen molar-refractivity contribution >= 4 is 19.8 Å². The lowest BCUT2D eigenvalue weighted by molar-refractivity contribution is -0.870. The lowest BCUT2D eigenvalue weighted by Crippen LogP contribution is -2.37. The van der Waals surface area contributed by atoms with Gasteiger partial charge in [0.15, 0.2) is 6.10 Å². The Bertz CT molecular complexity index is 1560. The normalized spacial score (nSPS) is 13.8. The van der Waals surface area contributed by atoms with Crippen molar-refractivity contribution in [1.82, 2.24) is 0 Å². The third kappa shape index (κ3) is 60.4. The molecule has 0 bridgehead atoms. The fourth-order valence-corrected chi connectivity index (χ4v) is 9.34. The summed E-state index contributed by atoms with van der Waals surface area (Å²) in [5, 5.41) is 0. The van der Waals surface area contributed by atoms with E-state index in [0.29, 0.717) is 17.4 Å². The molecule has 0 aliphatic heterocycles. The summed E-state index contributed by atoms with van der Waals surface area (Å²) in [6.45, 7) is 4.32. The average Bonchev–Trinajstić information content (AvgIpc) is 3.38. The molecule has 1 N–H and O–H groups in total. The number of carbonyl (C=O) groups excluding carboxylic acids is 2. The third-order valence-electron chi connectivity index (χ3n) is 13.4. The van der Waals surface area contributed by atoms with Crippen LogP contribution in [0.5, 0.6) is 0 Å². The van der Waals surface area contributed by atoms with Gasteiger partial charge in [-0.25, -0.2) is 4.57 Å². The molecular formula is C66H119NO8P+. The summed E-state index contributed by atoms with van der Waals surface area (Å²) in [7, 11) is 1.47. The van der Waals surface area contributed by atoms with E-state index in [4.69, 9.17) is 18.5 Å². The van der Waals surface area contributed by atoms with Crippen LogP contribution < -0.4 is 0 Å². The highest BCUT2D eigenvalue weighted by Crippen LogP contribution is 2.43. The number of likely N-dealkylation sites (N-methyl/N-ethyl adjacent to an activating group) is 1. The van der Waals surface area contributed by atoms with Crippen molar-refractivity contribution in [3.8, 4) is 0 Å². The van der Waals surface area contributed by atoms with Crippen molar-refractivity contribution in [1.29, 1.82) is 0 Å². The first kappa shape index (κ1) is 73.2. The zero-order valence-electron chi connectivity index (χ0n) is 50.0. The monoisotopic (exact) mass is 1080 g/mol. The molecule has 440 valence electrons. The molecule has 10 heteroatoms. The van der Waals surface area contributed by atoms with Gasteiger partial charge in [-0.3, -0.25) is 18.6 Å². The highest BCUT2D eigenvalue weighted by atomic mass is 31.2. The molecule has 0 aromatic carbocycles. The van der Waals surface area contributed by atoms with E-state index in [0.717, 1.165) is 83.5 Å². The highest BCUT2D eigenvalue weighted by Gasteiger charge is 2.27. The van der Waals surface area contributed by atoms with Crippen LogP contribution in [0.4, 0.5) is 0 Å². The van der Waals surface area contributed by atoms with Gasteiger partial charge in [0, 0.05) is 12.8 Å². The number of esters is 2. The van der Waals surface area contributed by atoms with Gasteiger partial charge in [-0.05, 0) is 89.9 Å². The minimum absolute atomic E-state index is 0.0264. The van der Waals surface area contributed by atoms with Crippen LogP contribution in [0.25, 0.3) is 0 Å². The fourth-order valence-electron chi connectivity index (χ4n) is 8.60. The van der Waals surface area contributed by atoms with E-state index in [-0.39, 0.29) is 32.0 Å². The summed E-state index contributed by atoms with van der Waals surface area (Å²) < 4.78 is 34.6. The Morgan fingerprint density at radius 3 is 1.12 bits per heavy atom. The van der Waals surface area contributed by atoms with Gasteiger partial charge in [0.25, 0.3) is 0 Å². The lowest BCUT2D eigenvalue weighted by Gasteiger charge is -2.24. The molecule has 0 aliphatic carbocycles. The largest absolute Gasteiger partial charge is 0.472 e. The van der Waals surface area contributed by atoms with Gasteiger partial charge >= 0.3 is 19.8 Å². The topological polar surface area (TPSA) is 108 Å². The molecule has 0 aliphatic rings. The number of phosphoric acid groups is 1. The minimum atomic E-state index is -4.40. The zero-order valence-corrected chi connectivity index (χ0v) is 50.9. The molecule has 0 saturated carbocycles. The first-order valence-electron chi connectivity index (χ1n) is 31.3. The molecule has 9 nitrogen and oxygen atoms in total. The second kappa shape index (κ2) is 56.9. The van der Waals surface area contributed by atoms with E-state index in [1.807, 2.05) is 21.1 Å². The number of carbonyl (C=O) groups is 2. The van der Waals surface area contributed by atoms with Gasteiger partial charge in [-0.1, -0.05) is 253 Å². The molecule has 0 heterocycles. The maximum Gasteiger partial charge on any atom is 0.472 e. The van der Waals surface area contributed by atoms with Crippen molar-refractivity contribution in [2.75, 3.05) is 47.5 Å². The van der Waals surface area contributed by atoms with Crippen LogP contribution in [0, 0.1) is 0 Å². The van der Waals surface area contributed by atoms with Crippen LogP contribution >= 0.6 is 7.82 Å². The van der Waals surface area contributed by atoms with E-state index >= 15 is 0 Å². The Morgan fingerprint density at radius 1 is 0.421 bits per heavy atom. The number of hydrogen-bond acceptors (Lipinski definition) is 7. The minimum Gasteiger partial charge on any atom is -0.462 e. The molecule has 0 saturated heterocycles. The number of hydrogen-bond donors (Lipinski definition) is 1. The Kier molecular flexibility index (Phi) is 54.8. The van der Waals surface area contributed by atoms with E-state index in [9.17, 15) is 19.0 Å². The number of quaternary nitrogens is 1. The summed E-state index contributed by atoms with van der Waals surface area (Å²) in [4.78, 5) is 35.8. The first-order valence-corrected chi connectivity index (χ1v) is 32.8. The summed E-state index contributed by atoms with van der Waals surface area (Å²) in [5.41, 5.74) is 0. The fraction of sp³-hybridized carbons (Fsp3) is 0.758. The quantitative estimate of drug-likeness (QED) is 0.0211. The number of unbranched alkanes of at least 4 members (excludes halogenated alkanes) is 29. The molecule has 2 atom stereocenters. The summed E-state index contributed by atoms with van der Waals surface area (Å²) >= 11 is 0. The van der Waals surface area contributed by atoms with E-state index in [1.54, 1.807) is 0 Å². The zero-order chi connectivity index (χ0) is 55.6. The molecule has 0 fully saturated rings. The standard InChI is InChI=1S/C66H118NO8P/c1-6-8-10-12-14-16-18-20-22-24-26-28-30-31-32-33-34-35-37-38-40-42-44-46-48-50-52-54-56-58-65(68)72-62-64(63-74-76(70,71)73-61-60-67(3,4)5)75-66(69)59-57-55-53-51-49-47-45-43-41-39-36-29-27-25-23-21-19-17-15-13-11-9-7-2/h9,11,15,17-18,20-21,23-24,26-27,29,39,41,64H,6-8,10,12-14,16,19,22,25,28,30-38,40,42-63H2,1-5H3/p+1/b11-9-,17-15-,20-18-,23-21-,26-24-,29-27-,41-39-. The molecule has 0 radical (unpaired) electrons. The summed E-state index contributed by atoms with van der Waals surface area (Å²) in [6, 6.07) is 0. The van der Waals surface area contributed by atoms with Crippen LogP contribution in [-0.2, 0) is 32.7 Å². The number of phosphoric ester groups is 1. The number of nitrogens with zero attached hydrogens (tertiary/aromatic N) is 1. The Morgan fingerprint density at radius 2 is 0.750 bits per heavy atom. The van der Waals surface area contributed by atoms with E-state index in [2.05, 4.69) is 98.9 Å². The average molecular weight is 1090 g/mol. The second-order valence-electron chi connectivity index (χ2n) is 22.1. The predicted octanol–water partition coefficient (Wildman–Crippen LogP) is 19.8. The Hall–Kier alpha value is -2.81. The predicted molar refractivity (Wildman–Crippen MR) is 325 cm³/mol. The molecular weight excluding hydrogens is 966 g/mol. The van der Waals surface area contributed by atoms with Crippen molar-refractivity contribution in [2.45, 2.75) is 277 Å². The van der Waals surface area contributed by atoms with Gasteiger partial charge in [0.1, 0.15) is 19.8 Å². The van der Waals surface area contributed by atoms with Crippen molar-refractivity contribution in [2.24, 2.45) is 0 Å². The lowest BCUT2D eigenvalue weighted by atomic mass is 10.0. The van der Waals surface area contributed by atoms with Crippen molar-refractivity contribution in [3.05, 3.63) is 85.1 Å². The first-order chi connectivity index (χ1) is 37.0. The molecule has 2 unspecified atom stereocenters. The molecule has 76 heavy (non-hydrogen) atoms. The van der Waals surface area contributed by atoms with Crippen molar-refractivity contribution < 1.29 is 42.1 Å². The Labute approximate surface area is 469 Å². The van der Waals surface area contributed by atoms with E-state index < -0.39 is 26.5 Å². The van der Waals surface area contributed by atoms with E-state index in [1.165, 1.54) is 154 Å². The van der Waals surface area contributed by atoms with Crippen LogP contribution in [0.15, 0.2) is 85.1 Å². The summed E-state index contributed by atoms with van der Waals surface area (Å²) in [5.74, 6) is -0.806. The summed E-state index contributed by atoms with van der Waals surface area (Å²) in [6.07, 6.45) is 76.6. The van der Waals surface area contributed by atoms with Crippen LogP contribution in [0.3, 0.4) is 0 Å². The second-order valence-corrected chi connectivity index (χ2v) is 23.5. The van der Waals surface area contributed by atoms with Gasteiger partial charge in [-0.2, -0.15) is 0 Å². The maximum absolute atomic E-state index is 12.8. The molecule has 0 spiro atoms. The maximum atomic E-state index is 12.8. The molecule has 0 aromatic heterocycles. The highest BCUT2D eigenvalue weighted by molar-refractivity contribution is 7.47. The molecule has 0 rings (SSSR count). The van der Waals surface area contributed by atoms with Gasteiger partial charge in [-0.15, -0.1) is 0 Å². The van der Waals surface area contributed by atoms with Crippen molar-refractivity contribution in [3.63, 3.8) is 0 Å². The van der Waals surface area contributed by atoms with Crippen LogP contribution in [-0.4, -0.2) is 74.9 Å². The van der Waals surface area contributed by atoms with Gasteiger partial charge in [0.05, 0.1) is 27.7 Å². The van der Waals surface area contributed by atoms with Gasteiger partial charge < -0.3 is 18.9 Å². The molecule has 0 amide bonds.